The lowest BCUT2D eigenvalue weighted by molar-refractivity contribution is -0.150. The fraction of sp³-hybridized carbons (Fsp3) is 0.364. The highest BCUT2D eigenvalue weighted by Crippen LogP contribution is 2.28. The van der Waals surface area contributed by atoms with Crippen molar-refractivity contribution in [3.8, 4) is 5.75 Å². The van der Waals surface area contributed by atoms with Gasteiger partial charge in [-0.2, -0.15) is 0 Å². The van der Waals surface area contributed by atoms with Gasteiger partial charge in [0.1, 0.15) is 5.75 Å². The number of rotatable bonds is 4. The lowest BCUT2D eigenvalue weighted by atomic mass is 10.3. The van der Waals surface area contributed by atoms with Gasteiger partial charge >= 0.3 is 5.97 Å². The van der Waals surface area contributed by atoms with Crippen LogP contribution in [0.15, 0.2) is 22.7 Å². The van der Waals surface area contributed by atoms with Crippen LogP contribution in [0.5, 0.6) is 5.75 Å². The molecule has 0 aliphatic heterocycles. The van der Waals surface area contributed by atoms with Crippen LogP contribution in [0.1, 0.15) is 13.8 Å². The van der Waals surface area contributed by atoms with E-state index in [2.05, 4.69) is 15.9 Å². The molecule has 16 heavy (non-hydrogen) atoms. The number of carbonyl (C=O) groups is 1. The highest BCUT2D eigenvalue weighted by molar-refractivity contribution is 9.10. The summed E-state index contributed by atoms with van der Waals surface area (Å²) in [5.41, 5.74) is 0. The molecular formula is C11H12BrClO3. The van der Waals surface area contributed by atoms with Crippen LogP contribution >= 0.6 is 27.5 Å². The molecule has 0 aromatic heterocycles. The summed E-state index contributed by atoms with van der Waals surface area (Å²) in [6.07, 6.45) is -0.668. The van der Waals surface area contributed by atoms with Crippen LogP contribution in [0.25, 0.3) is 0 Å². The first-order valence-electron chi connectivity index (χ1n) is 4.83. The molecule has 0 bridgehead atoms. The molecular weight excluding hydrogens is 295 g/mol. The van der Waals surface area contributed by atoms with Gasteiger partial charge in [0.15, 0.2) is 6.10 Å². The Bertz CT molecular complexity index is 381. The third-order valence-corrected chi connectivity index (χ3v) is 2.60. The number of halogens is 2. The summed E-state index contributed by atoms with van der Waals surface area (Å²) in [6, 6.07) is 5.19. The first kappa shape index (κ1) is 13.3. The van der Waals surface area contributed by atoms with Crippen molar-refractivity contribution in [2.24, 2.45) is 0 Å². The second-order valence-corrected chi connectivity index (χ2v) is 4.41. The Labute approximate surface area is 108 Å². The predicted octanol–water partition coefficient (Wildman–Crippen LogP) is 3.43. The van der Waals surface area contributed by atoms with E-state index >= 15 is 0 Å². The van der Waals surface area contributed by atoms with E-state index in [9.17, 15) is 4.79 Å². The highest BCUT2D eigenvalue weighted by Gasteiger charge is 2.16. The third-order valence-electron chi connectivity index (χ3n) is 1.82. The monoisotopic (exact) mass is 306 g/mol. The topological polar surface area (TPSA) is 35.5 Å². The Morgan fingerprint density at radius 1 is 1.56 bits per heavy atom. The van der Waals surface area contributed by atoms with E-state index in [4.69, 9.17) is 21.1 Å². The zero-order chi connectivity index (χ0) is 12.1. The molecule has 1 rings (SSSR count). The molecule has 0 aliphatic rings. The number of carbonyl (C=O) groups excluding carboxylic acids is 1. The molecule has 0 radical (unpaired) electrons. The molecule has 0 amide bonds. The average Bonchev–Trinajstić information content (AvgIpc) is 2.22. The van der Waals surface area contributed by atoms with Crippen molar-refractivity contribution >= 4 is 33.5 Å². The molecule has 0 aliphatic carbocycles. The van der Waals surface area contributed by atoms with Gasteiger partial charge in [0.25, 0.3) is 0 Å². The van der Waals surface area contributed by atoms with Gasteiger partial charge in [-0.25, -0.2) is 4.79 Å². The van der Waals surface area contributed by atoms with Gasteiger partial charge in [0.2, 0.25) is 0 Å². The second-order valence-electron chi connectivity index (χ2n) is 3.09. The molecule has 1 unspecified atom stereocenters. The summed E-state index contributed by atoms with van der Waals surface area (Å²) in [7, 11) is 0. The smallest absolute Gasteiger partial charge is 0.347 e. The van der Waals surface area contributed by atoms with Crippen LogP contribution in [0.4, 0.5) is 0 Å². The van der Waals surface area contributed by atoms with E-state index in [1.807, 2.05) is 0 Å². The van der Waals surface area contributed by atoms with Gasteiger partial charge in [0, 0.05) is 4.47 Å². The zero-order valence-electron chi connectivity index (χ0n) is 9.00. The molecule has 0 N–H and O–H groups in total. The summed E-state index contributed by atoms with van der Waals surface area (Å²) in [5, 5.41) is 0.450. The number of hydrogen-bond acceptors (Lipinski definition) is 3. The number of benzene rings is 1. The Balaban J connectivity index is 2.69. The summed E-state index contributed by atoms with van der Waals surface area (Å²) >= 11 is 9.23. The Kier molecular flexibility index (Phi) is 5.09. The standard InChI is InChI=1S/C11H12BrClO3/c1-3-15-11(14)7(2)16-10-5-4-8(12)6-9(10)13/h4-7H,3H2,1-2H3. The fourth-order valence-electron chi connectivity index (χ4n) is 1.07. The van der Waals surface area contributed by atoms with Crippen LogP contribution in [-0.4, -0.2) is 18.7 Å². The van der Waals surface area contributed by atoms with Crippen molar-refractivity contribution in [2.45, 2.75) is 20.0 Å². The van der Waals surface area contributed by atoms with Gasteiger partial charge < -0.3 is 9.47 Å². The van der Waals surface area contributed by atoms with Gasteiger partial charge in [-0.05, 0) is 32.0 Å². The zero-order valence-corrected chi connectivity index (χ0v) is 11.3. The molecule has 1 aromatic carbocycles. The molecule has 0 saturated heterocycles. The van der Waals surface area contributed by atoms with Crippen LogP contribution in [0.2, 0.25) is 5.02 Å². The quantitative estimate of drug-likeness (QED) is 0.799. The lowest BCUT2D eigenvalue weighted by Crippen LogP contribution is -2.26. The Morgan fingerprint density at radius 2 is 2.25 bits per heavy atom. The van der Waals surface area contributed by atoms with E-state index in [0.717, 1.165) is 4.47 Å². The van der Waals surface area contributed by atoms with E-state index in [-0.39, 0.29) is 0 Å². The van der Waals surface area contributed by atoms with Gasteiger partial charge in [-0.3, -0.25) is 0 Å². The molecule has 88 valence electrons. The van der Waals surface area contributed by atoms with Crippen LogP contribution in [-0.2, 0) is 9.53 Å². The van der Waals surface area contributed by atoms with E-state index < -0.39 is 12.1 Å². The van der Waals surface area contributed by atoms with Crippen LogP contribution < -0.4 is 4.74 Å². The van der Waals surface area contributed by atoms with E-state index in [1.165, 1.54) is 0 Å². The molecule has 1 atom stereocenters. The summed E-state index contributed by atoms with van der Waals surface area (Å²) in [4.78, 5) is 11.3. The first-order chi connectivity index (χ1) is 7.54. The summed E-state index contributed by atoms with van der Waals surface area (Å²) in [6.45, 7) is 3.70. The van der Waals surface area contributed by atoms with E-state index in [0.29, 0.717) is 17.4 Å². The van der Waals surface area contributed by atoms with Gasteiger partial charge in [-0.15, -0.1) is 0 Å². The molecule has 5 heteroatoms. The fourth-order valence-corrected chi connectivity index (χ4v) is 1.79. The minimum atomic E-state index is -0.668. The van der Waals surface area contributed by atoms with Crippen molar-refractivity contribution in [2.75, 3.05) is 6.61 Å². The van der Waals surface area contributed by atoms with Crippen molar-refractivity contribution in [1.82, 2.24) is 0 Å². The number of ether oxygens (including phenoxy) is 2. The van der Waals surface area contributed by atoms with Gasteiger partial charge in [0.05, 0.1) is 11.6 Å². The Morgan fingerprint density at radius 3 is 2.81 bits per heavy atom. The SMILES string of the molecule is CCOC(=O)C(C)Oc1ccc(Br)cc1Cl. The predicted molar refractivity (Wildman–Crippen MR) is 65.9 cm³/mol. The maximum atomic E-state index is 11.3. The summed E-state index contributed by atoms with van der Waals surface area (Å²) < 4.78 is 11.1. The molecule has 0 fully saturated rings. The van der Waals surface area contributed by atoms with Crippen molar-refractivity contribution in [3.05, 3.63) is 27.7 Å². The molecule has 0 saturated carbocycles. The minimum absolute atomic E-state index is 0.334. The highest BCUT2D eigenvalue weighted by atomic mass is 79.9. The van der Waals surface area contributed by atoms with Gasteiger partial charge in [-0.1, -0.05) is 27.5 Å². The average molecular weight is 308 g/mol. The maximum Gasteiger partial charge on any atom is 0.347 e. The number of hydrogen-bond donors (Lipinski definition) is 0. The van der Waals surface area contributed by atoms with Crippen LogP contribution in [0, 0.1) is 0 Å². The molecule has 1 aromatic rings. The van der Waals surface area contributed by atoms with Crippen molar-refractivity contribution in [1.29, 1.82) is 0 Å². The lowest BCUT2D eigenvalue weighted by Gasteiger charge is -2.14. The van der Waals surface area contributed by atoms with Crippen molar-refractivity contribution in [3.63, 3.8) is 0 Å². The van der Waals surface area contributed by atoms with E-state index in [1.54, 1.807) is 32.0 Å². The third kappa shape index (κ3) is 3.68. The normalized spacial score (nSPS) is 12.0. The largest absolute Gasteiger partial charge is 0.477 e. The second kappa shape index (κ2) is 6.11. The summed E-state index contributed by atoms with van der Waals surface area (Å²) in [5.74, 6) is 0.0619. The molecule has 3 nitrogen and oxygen atoms in total. The first-order valence-corrected chi connectivity index (χ1v) is 6.00. The minimum Gasteiger partial charge on any atom is -0.477 e. The maximum absolute atomic E-state index is 11.3. The molecule has 0 spiro atoms. The molecule has 0 heterocycles. The Hall–Kier alpha value is -0.740. The van der Waals surface area contributed by atoms with Crippen LogP contribution in [0.3, 0.4) is 0 Å². The van der Waals surface area contributed by atoms with Crippen molar-refractivity contribution < 1.29 is 14.3 Å². The number of esters is 1.